The molecule has 94 valence electrons. The highest BCUT2D eigenvalue weighted by molar-refractivity contribution is 5.92. The second kappa shape index (κ2) is 6.42. The smallest absolute Gasteiger partial charge is 0.317 e. The minimum Gasteiger partial charge on any atom is -0.480 e. The van der Waals surface area contributed by atoms with Gasteiger partial charge < -0.3 is 10.8 Å². The minimum absolute atomic E-state index is 0.148. The lowest BCUT2D eigenvalue weighted by atomic mass is 10.1. The van der Waals surface area contributed by atoms with Crippen LogP contribution in [-0.4, -0.2) is 35.0 Å². The zero-order chi connectivity index (χ0) is 13.5. The van der Waals surface area contributed by atoms with E-state index >= 15 is 0 Å². The number of nitrogens with zero attached hydrogens (tertiary/aromatic N) is 1. The molecule has 5 nitrogen and oxygen atoms in total. The summed E-state index contributed by atoms with van der Waals surface area (Å²) in [6, 6.07) is 6.73. The Kier molecular flexibility index (Phi) is 4.90. The number of carboxylic acids is 1. The Morgan fingerprint density at radius 1 is 1.44 bits per heavy atom. The maximum atomic E-state index is 11.0. The molecule has 0 aliphatic heterocycles. The molecule has 0 bridgehead atoms. The van der Waals surface area contributed by atoms with Gasteiger partial charge in [0, 0.05) is 12.1 Å². The van der Waals surface area contributed by atoms with Gasteiger partial charge in [0.05, 0.1) is 13.1 Å². The van der Waals surface area contributed by atoms with Crippen LogP contribution in [0.3, 0.4) is 0 Å². The maximum Gasteiger partial charge on any atom is 0.317 e. The fraction of sp³-hybridized carbons (Fsp3) is 0.231. The third-order valence-electron chi connectivity index (χ3n) is 2.29. The number of aliphatic carboxylic acids is 1. The zero-order valence-electron chi connectivity index (χ0n) is 9.80. The number of benzene rings is 1. The molecule has 0 atom stereocenters. The second-order valence-electron chi connectivity index (χ2n) is 3.81. The molecule has 3 N–H and O–H groups in total. The van der Waals surface area contributed by atoms with Gasteiger partial charge in [-0.05, 0) is 17.7 Å². The number of terminal acetylenes is 1. The van der Waals surface area contributed by atoms with Crippen LogP contribution in [-0.2, 0) is 11.3 Å². The number of nitrogens with two attached hydrogens (primary N) is 1. The molecule has 0 aromatic heterocycles. The van der Waals surface area contributed by atoms with Crippen molar-refractivity contribution in [3.63, 3.8) is 0 Å². The van der Waals surface area contributed by atoms with E-state index in [1.54, 1.807) is 29.2 Å². The standard InChI is InChI=1S/C13H14N2O3/c1-2-6-15(9-12(16)17)8-10-4-3-5-11(7-10)13(14)18/h1,3-5,7H,6,8-9H2,(H2,14,18)(H,16,17). The van der Waals surface area contributed by atoms with E-state index in [1.807, 2.05) is 0 Å². The van der Waals surface area contributed by atoms with Crippen LogP contribution in [0.25, 0.3) is 0 Å². The summed E-state index contributed by atoms with van der Waals surface area (Å²) in [5, 5.41) is 8.75. The molecule has 1 amide bonds. The van der Waals surface area contributed by atoms with Crippen molar-refractivity contribution in [2.24, 2.45) is 5.73 Å². The maximum absolute atomic E-state index is 11.0. The lowest BCUT2D eigenvalue weighted by Gasteiger charge is -2.17. The van der Waals surface area contributed by atoms with Gasteiger partial charge in [0.1, 0.15) is 0 Å². The highest BCUT2D eigenvalue weighted by Gasteiger charge is 2.10. The minimum atomic E-state index is -0.948. The third-order valence-corrected chi connectivity index (χ3v) is 2.29. The fourth-order valence-corrected chi connectivity index (χ4v) is 1.57. The average Bonchev–Trinajstić information content (AvgIpc) is 2.28. The first-order valence-electron chi connectivity index (χ1n) is 5.29. The molecular weight excluding hydrogens is 232 g/mol. The van der Waals surface area contributed by atoms with Crippen molar-refractivity contribution in [3.8, 4) is 12.3 Å². The summed E-state index contributed by atoms with van der Waals surface area (Å²) in [6.07, 6.45) is 5.18. The van der Waals surface area contributed by atoms with E-state index in [1.165, 1.54) is 0 Å². The molecule has 1 rings (SSSR count). The average molecular weight is 246 g/mol. The van der Waals surface area contributed by atoms with Gasteiger partial charge in [0.25, 0.3) is 0 Å². The van der Waals surface area contributed by atoms with Crippen LogP contribution in [0.15, 0.2) is 24.3 Å². The summed E-state index contributed by atoms with van der Waals surface area (Å²) in [7, 11) is 0. The van der Waals surface area contributed by atoms with Gasteiger partial charge in [-0.25, -0.2) is 0 Å². The van der Waals surface area contributed by atoms with Gasteiger partial charge in [-0.3, -0.25) is 14.5 Å². The molecule has 1 aromatic rings. The van der Waals surface area contributed by atoms with Crippen LogP contribution in [0.5, 0.6) is 0 Å². The molecule has 0 unspecified atom stereocenters. The Bertz CT molecular complexity index is 491. The molecule has 0 spiro atoms. The summed E-state index contributed by atoms with van der Waals surface area (Å²) >= 11 is 0. The topological polar surface area (TPSA) is 83.6 Å². The van der Waals surface area contributed by atoms with E-state index in [0.717, 1.165) is 5.56 Å². The Morgan fingerprint density at radius 3 is 2.72 bits per heavy atom. The van der Waals surface area contributed by atoms with Crippen molar-refractivity contribution < 1.29 is 14.7 Å². The van der Waals surface area contributed by atoms with E-state index in [4.69, 9.17) is 17.3 Å². The monoisotopic (exact) mass is 246 g/mol. The zero-order valence-corrected chi connectivity index (χ0v) is 9.80. The quantitative estimate of drug-likeness (QED) is 0.707. The summed E-state index contributed by atoms with van der Waals surface area (Å²) in [5.41, 5.74) is 6.36. The predicted octanol–water partition coefficient (Wildman–Crippen LogP) is 0.305. The summed E-state index contributed by atoms with van der Waals surface area (Å²) in [6.45, 7) is 0.440. The first-order chi connectivity index (χ1) is 8.52. The second-order valence-corrected chi connectivity index (χ2v) is 3.81. The van der Waals surface area contributed by atoms with Crippen molar-refractivity contribution in [2.75, 3.05) is 13.1 Å². The van der Waals surface area contributed by atoms with E-state index < -0.39 is 11.9 Å². The number of amides is 1. The lowest BCUT2D eigenvalue weighted by molar-refractivity contribution is -0.138. The highest BCUT2D eigenvalue weighted by Crippen LogP contribution is 2.08. The Labute approximate surface area is 105 Å². The summed E-state index contributed by atoms with van der Waals surface area (Å²) in [4.78, 5) is 23.3. The van der Waals surface area contributed by atoms with Gasteiger partial charge in [-0.15, -0.1) is 6.42 Å². The van der Waals surface area contributed by atoms with Gasteiger partial charge in [-0.2, -0.15) is 0 Å². The van der Waals surface area contributed by atoms with Crippen molar-refractivity contribution in [1.29, 1.82) is 0 Å². The molecule has 0 heterocycles. The Balaban J connectivity index is 2.80. The van der Waals surface area contributed by atoms with E-state index in [9.17, 15) is 9.59 Å². The first kappa shape index (κ1) is 13.7. The van der Waals surface area contributed by atoms with Gasteiger partial charge in [0.15, 0.2) is 0 Å². The molecule has 18 heavy (non-hydrogen) atoms. The molecule has 0 radical (unpaired) electrons. The molecule has 5 heteroatoms. The van der Waals surface area contributed by atoms with Crippen molar-refractivity contribution in [3.05, 3.63) is 35.4 Å². The normalized spacial score (nSPS) is 10.0. The summed E-state index contributed by atoms with van der Waals surface area (Å²) in [5.74, 6) is 0.939. The highest BCUT2D eigenvalue weighted by atomic mass is 16.4. The van der Waals surface area contributed by atoms with Gasteiger partial charge in [0.2, 0.25) is 5.91 Å². The van der Waals surface area contributed by atoms with Crippen molar-refractivity contribution in [2.45, 2.75) is 6.54 Å². The Morgan fingerprint density at radius 2 is 2.17 bits per heavy atom. The molecular formula is C13H14N2O3. The molecule has 0 aliphatic carbocycles. The van der Waals surface area contributed by atoms with Crippen molar-refractivity contribution >= 4 is 11.9 Å². The fourth-order valence-electron chi connectivity index (χ4n) is 1.57. The molecule has 0 saturated heterocycles. The molecule has 1 aromatic carbocycles. The third kappa shape index (κ3) is 4.28. The van der Waals surface area contributed by atoms with Crippen LogP contribution in [0.4, 0.5) is 0 Å². The SMILES string of the molecule is C#CCN(CC(=O)O)Cc1cccc(C(N)=O)c1. The number of carboxylic acid groups (broad SMARTS) is 1. The van der Waals surface area contributed by atoms with E-state index in [-0.39, 0.29) is 13.1 Å². The van der Waals surface area contributed by atoms with Crippen LogP contribution in [0, 0.1) is 12.3 Å². The number of primary amides is 1. The van der Waals surface area contributed by atoms with Gasteiger partial charge in [-0.1, -0.05) is 18.1 Å². The molecule has 0 aliphatic rings. The lowest BCUT2D eigenvalue weighted by Crippen LogP contribution is -2.29. The van der Waals surface area contributed by atoms with E-state index in [0.29, 0.717) is 12.1 Å². The number of carbonyl (C=O) groups is 2. The molecule has 0 saturated carbocycles. The van der Waals surface area contributed by atoms with E-state index in [2.05, 4.69) is 5.92 Å². The van der Waals surface area contributed by atoms with Gasteiger partial charge >= 0.3 is 5.97 Å². The van der Waals surface area contributed by atoms with Crippen LogP contribution >= 0.6 is 0 Å². The van der Waals surface area contributed by atoms with Crippen LogP contribution < -0.4 is 5.73 Å². The Hall–Kier alpha value is -2.32. The number of rotatable bonds is 6. The summed E-state index contributed by atoms with van der Waals surface area (Å²) < 4.78 is 0. The first-order valence-corrected chi connectivity index (χ1v) is 5.29. The number of hydrogen-bond donors (Lipinski definition) is 2. The number of carbonyl (C=O) groups excluding carboxylic acids is 1. The number of hydrogen-bond acceptors (Lipinski definition) is 3. The van der Waals surface area contributed by atoms with Crippen LogP contribution in [0.1, 0.15) is 15.9 Å². The van der Waals surface area contributed by atoms with Crippen molar-refractivity contribution in [1.82, 2.24) is 4.90 Å². The largest absolute Gasteiger partial charge is 0.480 e. The van der Waals surface area contributed by atoms with Crippen LogP contribution in [0.2, 0.25) is 0 Å². The predicted molar refractivity (Wildman–Crippen MR) is 66.7 cm³/mol. The molecule has 0 fully saturated rings.